The van der Waals surface area contributed by atoms with Crippen LogP contribution >= 0.6 is 11.8 Å². The van der Waals surface area contributed by atoms with Crippen molar-refractivity contribution in [3.63, 3.8) is 0 Å². The van der Waals surface area contributed by atoms with Gasteiger partial charge in [-0.2, -0.15) is 11.8 Å². The standard InChI is InChI=1S/C13H18N2O3S/c1-3-10-9(13(16)17-4-2)7-14-12(15-10)11-8-19-6-5-18-11/h7,11H,3-6,8H2,1-2H3. The molecule has 1 atom stereocenters. The van der Waals surface area contributed by atoms with E-state index in [0.717, 1.165) is 23.8 Å². The molecule has 1 aromatic heterocycles. The molecule has 5 nitrogen and oxygen atoms in total. The Labute approximate surface area is 117 Å². The Bertz CT molecular complexity index is 448. The lowest BCUT2D eigenvalue weighted by molar-refractivity contribution is 0.0520. The number of rotatable bonds is 4. The highest BCUT2D eigenvalue weighted by atomic mass is 32.2. The van der Waals surface area contributed by atoms with Gasteiger partial charge in [0, 0.05) is 17.7 Å². The van der Waals surface area contributed by atoms with Crippen molar-refractivity contribution in [2.75, 3.05) is 24.7 Å². The zero-order chi connectivity index (χ0) is 13.7. The van der Waals surface area contributed by atoms with Crippen LogP contribution in [-0.4, -0.2) is 40.7 Å². The largest absolute Gasteiger partial charge is 0.462 e. The van der Waals surface area contributed by atoms with Gasteiger partial charge < -0.3 is 9.47 Å². The van der Waals surface area contributed by atoms with Crippen LogP contribution in [0.2, 0.25) is 0 Å². The molecule has 0 aromatic carbocycles. The van der Waals surface area contributed by atoms with Gasteiger partial charge in [0.05, 0.1) is 24.5 Å². The Morgan fingerprint density at radius 3 is 3.05 bits per heavy atom. The highest BCUT2D eigenvalue weighted by Crippen LogP contribution is 2.24. The lowest BCUT2D eigenvalue weighted by Crippen LogP contribution is -2.20. The van der Waals surface area contributed by atoms with Crippen molar-refractivity contribution in [2.45, 2.75) is 26.4 Å². The topological polar surface area (TPSA) is 61.3 Å². The fourth-order valence-corrected chi connectivity index (χ4v) is 2.71. The number of nitrogens with zero attached hydrogens (tertiary/aromatic N) is 2. The molecule has 2 rings (SSSR count). The molecule has 1 aliphatic rings. The van der Waals surface area contributed by atoms with Gasteiger partial charge in [-0.05, 0) is 13.3 Å². The minimum atomic E-state index is -0.357. The maximum absolute atomic E-state index is 11.8. The number of esters is 1. The van der Waals surface area contributed by atoms with Crippen LogP contribution < -0.4 is 0 Å². The lowest BCUT2D eigenvalue weighted by Gasteiger charge is -2.21. The number of hydrogen-bond donors (Lipinski definition) is 0. The minimum absolute atomic E-state index is 0.0692. The van der Waals surface area contributed by atoms with Gasteiger partial charge in [0.15, 0.2) is 5.82 Å². The van der Waals surface area contributed by atoms with E-state index in [1.54, 1.807) is 13.1 Å². The summed E-state index contributed by atoms with van der Waals surface area (Å²) in [5.74, 6) is 2.18. The fourth-order valence-electron chi connectivity index (χ4n) is 1.87. The van der Waals surface area contributed by atoms with E-state index in [0.29, 0.717) is 24.4 Å². The number of ether oxygens (including phenoxy) is 2. The van der Waals surface area contributed by atoms with E-state index < -0.39 is 0 Å². The molecule has 104 valence electrons. The van der Waals surface area contributed by atoms with E-state index in [2.05, 4.69) is 9.97 Å². The Morgan fingerprint density at radius 1 is 1.58 bits per heavy atom. The van der Waals surface area contributed by atoms with Crippen molar-refractivity contribution >= 4 is 17.7 Å². The van der Waals surface area contributed by atoms with E-state index in [-0.39, 0.29) is 12.1 Å². The molecular weight excluding hydrogens is 264 g/mol. The summed E-state index contributed by atoms with van der Waals surface area (Å²) in [6, 6.07) is 0. The molecule has 19 heavy (non-hydrogen) atoms. The first-order valence-corrected chi connectivity index (χ1v) is 7.64. The van der Waals surface area contributed by atoms with E-state index >= 15 is 0 Å². The summed E-state index contributed by atoms with van der Waals surface area (Å²) >= 11 is 1.83. The van der Waals surface area contributed by atoms with Crippen molar-refractivity contribution < 1.29 is 14.3 Å². The summed E-state index contributed by atoms with van der Waals surface area (Å²) in [5, 5.41) is 0. The first kappa shape index (κ1) is 14.3. The minimum Gasteiger partial charge on any atom is -0.462 e. The summed E-state index contributed by atoms with van der Waals surface area (Å²) in [6.07, 6.45) is 2.16. The molecule has 0 amide bonds. The smallest absolute Gasteiger partial charge is 0.341 e. The molecule has 1 fully saturated rings. The number of carbonyl (C=O) groups excluding carboxylic acids is 1. The van der Waals surface area contributed by atoms with Crippen molar-refractivity contribution in [1.82, 2.24) is 9.97 Å². The molecule has 0 bridgehead atoms. The van der Waals surface area contributed by atoms with E-state index in [4.69, 9.17) is 9.47 Å². The van der Waals surface area contributed by atoms with Gasteiger partial charge in [-0.15, -0.1) is 0 Å². The molecule has 0 N–H and O–H groups in total. The number of thioether (sulfide) groups is 1. The molecule has 1 unspecified atom stereocenters. The van der Waals surface area contributed by atoms with Crippen LogP contribution in [0.25, 0.3) is 0 Å². The molecule has 1 saturated heterocycles. The average Bonchev–Trinajstić information content (AvgIpc) is 2.47. The van der Waals surface area contributed by atoms with E-state index in [1.807, 2.05) is 18.7 Å². The van der Waals surface area contributed by atoms with Crippen LogP contribution in [0.3, 0.4) is 0 Å². The third kappa shape index (κ3) is 3.45. The van der Waals surface area contributed by atoms with Gasteiger partial charge in [-0.25, -0.2) is 14.8 Å². The quantitative estimate of drug-likeness (QED) is 0.787. The van der Waals surface area contributed by atoms with Gasteiger partial charge in [0.25, 0.3) is 0 Å². The second-order valence-corrected chi connectivity index (χ2v) is 5.25. The number of aromatic nitrogens is 2. The molecule has 2 heterocycles. The number of carbonyl (C=O) groups is 1. The molecule has 0 spiro atoms. The van der Waals surface area contributed by atoms with Gasteiger partial charge in [0.1, 0.15) is 6.10 Å². The zero-order valence-corrected chi connectivity index (χ0v) is 12.0. The predicted molar refractivity (Wildman–Crippen MR) is 73.4 cm³/mol. The average molecular weight is 282 g/mol. The predicted octanol–water partition coefficient (Wildman–Crippen LogP) is 2.02. The Balaban J connectivity index is 2.22. The fraction of sp³-hybridized carbons (Fsp3) is 0.615. The van der Waals surface area contributed by atoms with Crippen molar-refractivity contribution in [3.8, 4) is 0 Å². The first-order valence-electron chi connectivity index (χ1n) is 6.48. The van der Waals surface area contributed by atoms with Crippen LogP contribution in [0.4, 0.5) is 0 Å². The second kappa shape index (κ2) is 6.86. The van der Waals surface area contributed by atoms with Crippen LogP contribution in [-0.2, 0) is 15.9 Å². The van der Waals surface area contributed by atoms with Gasteiger partial charge >= 0.3 is 5.97 Å². The van der Waals surface area contributed by atoms with Gasteiger partial charge in [0.2, 0.25) is 0 Å². The zero-order valence-electron chi connectivity index (χ0n) is 11.2. The summed E-state index contributed by atoms with van der Waals surface area (Å²) in [5.41, 5.74) is 1.18. The monoisotopic (exact) mass is 282 g/mol. The molecule has 1 aliphatic heterocycles. The third-order valence-electron chi connectivity index (χ3n) is 2.82. The van der Waals surface area contributed by atoms with Crippen molar-refractivity contribution in [1.29, 1.82) is 0 Å². The third-order valence-corrected chi connectivity index (χ3v) is 3.81. The van der Waals surface area contributed by atoms with E-state index in [1.165, 1.54) is 0 Å². The SMILES string of the molecule is CCOC(=O)c1cnc(C2CSCCO2)nc1CC. The van der Waals surface area contributed by atoms with Crippen LogP contribution in [0, 0.1) is 0 Å². The Hall–Kier alpha value is -1.14. The Kier molecular flexibility index (Phi) is 5.15. The van der Waals surface area contributed by atoms with Crippen molar-refractivity contribution in [3.05, 3.63) is 23.3 Å². The number of aryl methyl sites for hydroxylation is 1. The summed E-state index contributed by atoms with van der Waals surface area (Å²) < 4.78 is 10.7. The van der Waals surface area contributed by atoms with E-state index in [9.17, 15) is 4.79 Å². The molecule has 0 radical (unpaired) electrons. The highest BCUT2D eigenvalue weighted by molar-refractivity contribution is 7.99. The molecule has 0 saturated carbocycles. The highest BCUT2D eigenvalue weighted by Gasteiger charge is 2.22. The normalized spacial score (nSPS) is 19.2. The lowest BCUT2D eigenvalue weighted by atomic mass is 10.2. The van der Waals surface area contributed by atoms with Crippen LogP contribution in [0.15, 0.2) is 6.20 Å². The summed E-state index contributed by atoms with van der Waals surface area (Å²) in [6.45, 7) is 4.82. The molecule has 6 heteroatoms. The van der Waals surface area contributed by atoms with Gasteiger partial charge in [-0.1, -0.05) is 6.92 Å². The first-order chi connectivity index (χ1) is 9.26. The number of hydrogen-bond acceptors (Lipinski definition) is 6. The van der Waals surface area contributed by atoms with Crippen LogP contribution in [0.5, 0.6) is 0 Å². The van der Waals surface area contributed by atoms with Crippen molar-refractivity contribution in [2.24, 2.45) is 0 Å². The van der Waals surface area contributed by atoms with Crippen LogP contribution in [0.1, 0.15) is 41.8 Å². The molecule has 0 aliphatic carbocycles. The summed E-state index contributed by atoms with van der Waals surface area (Å²) in [4.78, 5) is 20.5. The Morgan fingerprint density at radius 2 is 2.42 bits per heavy atom. The molecule has 1 aromatic rings. The summed E-state index contributed by atoms with van der Waals surface area (Å²) in [7, 11) is 0. The maximum Gasteiger partial charge on any atom is 0.341 e. The second-order valence-electron chi connectivity index (χ2n) is 4.10. The van der Waals surface area contributed by atoms with Gasteiger partial charge in [-0.3, -0.25) is 0 Å². The molecular formula is C13H18N2O3S. The maximum atomic E-state index is 11.8.